The zero-order chi connectivity index (χ0) is 25.8. The number of benzene rings is 2. The van der Waals surface area contributed by atoms with Crippen LogP contribution in [0.4, 0.5) is 4.39 Å². The molecule has 188 valence electrons. The van der Waals surface area contributed by atoms with Crippen molar-refractivity contribution in [3.63, 3.8) is 0 Å². The van der Waals surface area contributed by atoms with Crippen LogP contribution in [0.3, 0.4) is 0 Å². The second-order valence-electron chi connectivity index (χ2n) is 7.93. The fraction of sp³-hybridized carbons (Fsp3) is 0.296. The van der Waals surface area contributed by atoms with E-state index in [0.717, 1.165) is 0 Å². The summed E-state index contributed by atoms with van der Waals surface area (Å²) in [6.45, 7) is 8.28. The lowest BCUT2D eigenvalue weighted by atomic mass is 9.95. The van der Waals surface area contributed by atoms with Crippen molar-refractivity contribution in [2.75, 3.05) is 19.8 Å². The van der Waals surface area contributed by atoms with E-state index in [9.17, 15) is 14.0 Å². The summed E-state index contributed by atoms with van der Waals surface area (Å²) in [5.74, 6) is 0.195. The van der Waals surface area contributed by atoms with Crippen molar-refractivity contribution in [2.45, 2.75) is 33.7 Å². The lowest BCUT2D eigenvalue weighted by molar-refractivity contribution is -0.139. The molecule has 1 aliphatic rings. The number of nitrogens with zero attached hydrogens (tertiary/aromatic N) is 2. The van der Waals surface area contributed by atoms with Gasteiger partial charge in [0, 0.05) is 0 Å². The van der Waals surface area contributed by atoms with Crippen LogP contribution in [-0.4, -0.2) is 30.4 Å². The summed E-state index contributed by atoms with van der Waals surface area (Å²) in [4.78, 5) is 31.8. The second kappa shape index (κ2) is 10.9. The van der Waals surface area contributed by atoms with Crippen molar-refractivity contribution in [1.82, 2.24) is 4.57 Å². The van der Waals surface area contributed by atoms with Crippen LogP contribution in [0.15, 0.2) is 63.5 Å². The molecule has 1 aromatic heterocycles. The van der Waals surface area contributed by atoms with Crippen molar-refractivity contribution in [1.29, 1.82) is 0 Å². The number of hydrogen-bond donors (Lipinski definition) is 0. The van der Waals surface area contributed by atoms with Gasteiger partial charge in [-0.2, -0.15) is 0 Å². The third-order valence-corrected chi connectivity index (χ3v) is 6.55. The number of allylic oxidation sites excluding steroid dienone is 1. The Morgan fingerprint density at radius 1 is 1.06 bits per heavy atom. The Kier molecular flexibility index (Phi) is 7.69. The molecule has 0 fully saturated rings. The topological polar surface area (TPSA) is 79.1 Å². The number of halogens is 1. The Morgan fingerprint density at radius 3 is 2.42 bits per heavy atom. The van der Waals surface area contributed by atoms with Crippen LogP contribution < -0.4 is 24.4 Å². The van der Waals surface area contributed by atoms with Gasteiger partial charge < -0.3 is 14.2 Å². The minimum absolute atomic E-state index is 0.185. The van der Waals surface area contributed by atoms with Gasteiger partial charge in [0.1, 0.15) is 5.82 Å². The van der Waals surface area contributed by atoms with Crippen LogP contribution in [0.25, 0.3) is 6.08 Å². The molecule has 0 bridgehead atoms. The molecule has 0 amide bonds. The quantitative estimate of drug-likeness (QED) is 0.432. The molecule has 0 aliphatic carbocycles. The molecule has 0 spiro atoms. The summed E-state index contributed by atoms with van der Waals surface area (Å²) in [6, 6.07) is 10.5. The van der Waals surface area contributed by atoms with E-state index in [1.165, 1.54) is 28.0 Å². The van der Waals surface area contributed by atoms with E-state index in [4.69, 9.17) is 14.2 Å². The number of carbonyl (C=O) groups is 1. The van der Waals surface area contributed by atoms with Crippen LogP contribution in [-0.2, 0) is 9.53 Å². The molecule has 0 N–H and O–H groups in total. The minimum atomic E-state index is -0.773. The maximum absolute atomic E-state index is 13.7. The molecule has 2 heterocycles. The molecule has 1 aliphatic heterocycles. The molecule has 4 rings (SSSR count). The molecule has 0 unspecified atom stereocenters. The van der Waals surface area contributed by atoms with E-state index in [2.05, 4.69) is 4.99 Å². The molecule has 0 saturated carbocycles. The van der Waals surface area contributed by atoms with Gasteiger partial charge in [-0.05, 0) is 69.2 Å². The van der Waals surface area contributed by atoms with Crippen LogP contribution in [0.1, 0.15) is 44.9 Å². The molecule has 0 saturated heterocycles. The first-order valence-corrected chi connectivity index (χ1v) is 12.5. The molecule has 9 heteroatoms. The Morgan fingerprint density at radius 2 is 1.75 bits per heavy atom. The van der Waals surface area contributed by atoms with E-state index in [1.54, 1.807) is 44.2 Å². The van der Waals surface area contributed by atoms with E-state index in [0.29, 0.717) is 50.9 Å². The number of rotatable bonds is 8. The monoisotopic (exact) mass is 510 g/mol. The molecular formula is C27H27FN2O5S. The van der Waals surface area contributed by atoms with E-state index >= 15 is 0 Å². The predicted octanol–water partition coefficient (Wildman–Crippen LogP) is 3.73. The number of thiazole rings is 1. The fourth-order valence-corrected chi connectivity index (χ4v) is 5.10. The van der Waals surface area contributed by atoms with Gasteiger partial charge in [0.05, 0.1) is 41.7 Å². The van der Waals surface area contributed by atoms with Gasteiger partial charge >= 0.3 is 5.97 Å². The van der Waals surface area contributed by atoms with Crippen molar-refractivity contribution in [2.24, 2.45) is 4.99 Å². The third kappa shape index (κ3) is 4.97. The first-order chi connectivity index (χ1) is 17.4. The highest BCUT2D eigenvalue weighted by Gasteiger charge is 2.34. The number of fused-ring (bicyclic) bond motifs is 1. The number of hydrogen-bond acceptors (Lipinski definition) is 7. The first kappa shape index (κ1) is 25.4. The highest BCUT2D eigenvalue weighted by atomic mass is 32.1. The van der Waals surface area contributed by atoms with Gasteiger partial charge in [-0.1, -0.05) is 29.5 Å². The normalized spacial score (nSPS) is 15.4. The molecular weight excluding hydrogens is 483 g/mol. The van der Waals surface area contributed by atoms with Gasteiger partial charge in [0.15, 0.2) is 16.3 Å². The van der Waals surface area contributed by atoms with Crippen molar-refractivity contribution in [3.05, 3.63) is 90.4 Å². The average molecular weight is 511 g/mol. The molecule has 3 aromatic rings. The van der Waals surface area contributed by atoms with E-state index < -0.39 is 12.0 Å². The van der Waals surface area contributed by atoms with Crippen LogP contribution in [0, 0.1) is 5.82 Å². The van der Waals surface area contributed by atoms with Crippen molar-refractivity contribution in [3.8, 4) is 11.5 Å². The Hall–Kier alpha value is -3.72. The summed E-state index contributed by atoms with van der Waals surface area (Å²) in [6.07, 6.45) is 1.69. The summed E-state index contributed by atoms with van der Waals surface area (Å²) in [5.41, 5.74) is 1.78. The molecule has 36 heavy (non-hydrogen) atoms. The molecule has 7 nitrogen and oxygen atoms in total. The molecule has 1 atom stereocenters. The predicted molar refractivity (Wildman–Crippen MR) is 136 cm³/mol. The molecule has 2 aromatic carbocycles. The highest BCUT2D eigenvalue weighted by Crippen LogP contribution is 2.36. The highest BCUT2D eigenvalue weighted by molar-refractivity contribution is 7.07. The van der Waals surface area contributed by atoms with Gasteiger partial charge in [0.25, 0.3) is 5.56 Å². The van der Waals surface area contributed by atoms with Crippen LogP contribution in [0.5, 0.6) is 11.5 Å². The van der Waals surface area contributed by atoms with Gasteiger partial charge in [0.2, 0.25) is 0 Å². The van der Waals surface area contributed by atoms with Gasteiger partial charge in [-0.15, -0.1) is 0 Å². The van der Waals surface area contributed by atoms with Gasteiger partial charge in [-0.25, -0.2) is 14.2 Å². The zero-order valence-corrected chi connectivity index (χ0v) is 21.4. The second-order valence-corrected chi connectivity index (χ2v) is 8.94. The Balaban J connectivity index is 1.94. The Labute approximate surface area is 211 Å². The summed E-state index contributed by atoms with van der Waals surface area (Å²) in [5, 5.41) is 0. The lowest BCUT2D eigenvalue weighted by Crippen LogP contribution is -2.40. The number of ether oxygens (including phenoxy) is 3. The lowest BCUT2D eigenvalue weighted by Gasteiger charge is -2.25. The Bertz CT molecular complexity index is 1490. The van der Waals surface area contributed by atoms with Crippen LogP contribution >= 0.6 is 11.3 Å². The number of carbonyl (C=O) groups excluding carboxylic acids is 1. The van der Waals surface area contributed by atoms with Crippen molar-refractivity contribution >= 4 is 23.4 Å². The third-order valence-electron chi connectivity index (χ3n) is 5.57. The van der Waals surface area contributed by atoms with Crippen molar-refractivity contribution < 1.29 is 23.4 Å². The van der Waals surface area contributed by atoms with Gasteiger partial charge in [-0.3, -0.25) is 9.36 Å². The maximum atomic E-state index is 13.7. The number of aromatic nitrogens is 1. The zero-order valence-electron chi connectivity index (χ0n) is 20.5. The number of esters is 1. The average Bonchev–Trinajstić information content (AvgIpc) is 3.15. The minimum Gasteiger partial charge on any atom is -0.490 e. The van der Waals surface area contributed by atoms with Crippen LogP contribution in [0.2, 0.25) is 0 Å². The molecule has 0 radical (unpaired) electrons. The smallest absolute Gasteiger partial charge is 0.338 e. The summed E-state index contributed by atoms with van der Waals surface area (Å²) < 4.78 is 32.1. The fourth-order valence-electron chi connectivity index (χ4n) is 4.06. The summed E-state index contributed by atoms with van der Waals surface area (Å²) >= 11 is 1.21. The van der Waals surface area contributed by atoms with E-state index in [-0.39, 0.29) is 23.6 Å². The van der Waals surface area contributed by atoms with E-state index in [1.807, 2.05) is 19.9 Å². The first-order valence-electron chi connectivity index (χ1n) is 11.7. The standard InChI is InChI=1S/C27H27FN2O5S/c1-5-33-20-13-10-18(15-21(20)34-6-2)24-23(26(32)35-7-3)16(4)29-27-30(24)25(31)22(36-27)14-17-8-11-19(28)12-9-17/h8-15,24H,5-7H2,1-4H3/b22-14-/t24-/m0/s1. The maximum Gasteiger partial charge on any atom is 0.338 e. The largest absolute Gasteiger partial charge is 0.490 e. The summed E-state index contributed by atoms with van der Waals surface area (Å²) in [7, 11) is 0. The SMILES string of the molecule is CCOC(=O)C1=C(C)N=c2s/c(=C\c3ccc(F)cc3)c(=O)n2[C@H]1c1ccc(OCC)c(OCC)c1.